The fourth-order valence-electron chi connectivity index (χ4n) is 2.69. The van der Waals surface area contributed by atoms with Crippen molar-refractivity contribution in [3.8, 4) is 10.6 Å². The molecule has 0 aliphatic rings. The first-order valence-corrected chi connectivity index (χ1v) is 11.0. The molecule has 2 amide bonds. The number of anilines is 1. The first kappa shape index (κ1) is 22.9. The van der Waals surface area contributed by atoms with Gasteiger partial charge in [-0.1, -0.05) is 6.07 Å². The van der Waals surface area contributed by atoms with E-state index >= 15 is 0 Å². The summed E-state index contributed by atoms with van der Waals surface area (Å²) in [7, 11) is 3.83. The molecule has 2 N–H and O–H groups in total. The molecule has 3 aromatic rings. The van der Waals surface area contributed by atoms with Crippen molar-refractivity contribution in [3.05, 3.63) is 51.5 Å². The van der Waals surface area contributed by atoms with E-state index < -0.39 is 24.0 Å². The van der Waals surface area contributed by atoms with Gasteiger partial charge in [0.1, 0.15) is 17.3 Å². The summed E-state index contributed by atoms with van der Waals surface area (Å²) in [5, 5.41) is 8.05. The van der Waals surface area contributed by atoms with Gasteiger partial charge in [0, 0.05) is 24.0 Å². The summed E-state index contributed by atoms with van der Waals surface area (Å²) >= 11 is 2.48. The molecule has 0 aliphatic heterocycles. The van der Waals surface area contributed by atoms with Crippen molar-refractivity contribution in [2.24, 2.45) is 0 Å². The molecule has 164 valence electrons. The molecular weight excluding hydrogens is 444 g/mol. The minimum absolute atomic E-state index is 0.266. The van der Waals surface area contributed by atoms with Gasteiger partial charge in [-0.25, -0.2) is 18.7 Å². The molecule has 7 nitrogen and oxygen atoms in total. The number of carbonyl (C=O) groups excluding carboxylic acids is 2. The highest BCUT2D eigenvalue weighted by atomic mass is 32.1. The Hall–Kier alpha value is -2.76. The van der Waals surface area contributed by atoms with Gasteiger partial charge < -0.3 is 15.5 Å². The second kappa shape index (κ2) is 10.0. The lowest BCUT2D eigenvalue weighted by Gasteiger charge is -2.09. The summed E-state index contributed by atoms with van der Waals surface area (Å²) < 4.78 is 27.5. The monoisotopic (exact) mass is 465 g/mol. The molecule has 3 rings (SSSR count). The smallest absolute Gasteiger partial charge is 0.271 e. The summed E-state index contributed by atoms with van der Waals surface area (Å²) in [5.41, 5.74) is 0.477. The van der Waals surface area contributed by atoms with Crippen LogP contribution in [0.15, 0.2) is 23.6 Å². The number of aryl methyl sites for hydroxylation is 1. The van der Waals surface area contributed by atoms with E-state index in [1.165, 1.54) is 17.4 Å². The first-order valence-electron chi connectivity index (χ1n) is 9.33. The van der Waals surface area contributed by atoms with Gasteiger partial charge in [0.15, 0.2) is 5.13 Å². The summed E-state index contributed by atoms with van der Waals surface area (Å²) in [4.78, 5) is 36.0. The number of nitrogens with zero attached hydrogens (tertiary/aromatic N) is 3. The predicted octanol–water partition coefficient (Wildman–Crippen LogP) is 3.33. The van der Waals surface area contributed by atoms with E-state index in [0.717, 1.165) is 23.5 Å². The summed E-state index contributed by atoms with van der Waals surface area (Å²) in [6.45, 7) is 2.97. The molecule has 0 bridgehead atoms. The second-order valence-corrected chi connectivity index (χ2v) is 8.99. The van der Waals surface area contributed by atoms with Crippen LogP contribution in [0.5, 0.6) is 0 Å². The number of carbonyl (C=O) groups is 2. The van der Waals surface area contributed by atoms with Crippen LogP contribution in [0.2, 0.25) is 0 Å². The second-order valence-electron chi connectivity index (χ2n) is 6.93. The zero-order chi connectivity index (χ0) is 22.5. The lowest BCUT2D eigenvalue weighted by molar-refractivity contribution is -0.115. The van der Waals surface area contributed by atoms with Crippen LogP contribution in [-0.4, -0.2) is 53.9 Å². The van der Waals surface area contributed by atoms with Crippen molar-refractivity contribution in [2.45, 2.75) is 13.3 Å². The number of halogens is 2. The molecule has 0 saturated carbocycles. The first-order chi connectivity index (χ1) is 14.7. The van der Waals surface area contributed by atoms with Crippen LogP contribution < -0.4 is 10.6 Å². The number of hydrogen-bond donors (Lipinski definition) is 2. The maximum Gasteiger partial charge on any atom is 0.271 e. The predicted molar refractivity (Wildman–Crippen MR) is 118 cm³/mol. The number of likely N-dealkylation sites (N-methyl/N-ethyl adjacent to an activating group) is 1. The van der Waals surface area contributed by atoms with Gasteiger partial charge >= 0.3 is 0 Å². The summed E-state index contributed by atoms with van der Waals surface area (Å²) in [5.74, 6) is -2.44. The minimum Gasteiger partial charge on any atom is -0.349 e. The molecule has 2 heterocycles. The van der Waals surface area contributed by atoms with Gasteiger partial charge in [-0.15, -0.1) is 22.7 Å². The third-order valence-electron chi connectivity index (χ3n) is 4.18. The molecule has 0 fully saturated rings. The molecule has 0 atom stereocenters. The molecular formula is C20H21F2N5O2S2. The number of nitrogens with one attached hydrogen (secondary N) is 2. The van der Waals surface area contributed by atoms with Gasteiger partial charge in [-0.3, -0.25) is 9.59 Å². The lowest BCUT2D eigenvalue weighted by Crippen LogP contribution is -2.31. The van der Waals surface area contributed by atoms with Gasteiger partial charge in [0.25, 0.3) is 5.91 Å². The Morgan fingerprint density at radius 1 is 1.16 bits per heavy atom. The van der Waals surface area contributed by atoms with Crippen molar-refractivity contribution in [3.63, 3.8) is 0 Å². The van der Waals surface area contributed by atoms with Crippen LogP contribution in [0.3, 0.4) is 0 Å². The van der Waals surface area contributed by atoms with Crippen LogP contribution in [0.25, 0.3) is 10.6 Å². The molecule has 11 heteroatoms. The molecule has 31 heavy (non-hydrogen) atoms. The van der Waals surface area contributed by atoms with Crippen LogP contribution in [0.1, 0.15) is 21.1 Å². The van der Waals surface area contributed by atoms with Crippen molar-refractivity contribution < 1.29 is 18.4 Å². The van der Waals surface area contributed by atoms with E-state index in [0.29, 0.717) is 28.7 Å². The molecule has 2 aromatic heterocycles. The molecule has 1 aromatic carbocycles. The van der Waals surface area contributed by atoms with Crippen LogP contribution in [0, 0.1) is 18.6 Å². The Bertz CT molecular complexity index is 1080. The number of thiazole rings is 2. The van der Waals surface area contributed by atoms with E-state index in [9.17, 15) is 18.4 Å². The summed E-state index contributed by atoms with van der Waals surface area (Å²) in [6.07, 6.45) is -0.452. The highest BCUT2D eigenvalue weighted by Crippen LogP contribution is 2.32. The van der Waals surface area contributed by atoms with Crippen molar-refractivity contribution in [1.82, 2.24) is 20.2 Å². The Morgan fingerprint density at radius 2 is 1.87 bits per heavy atom. The quantitative estimate of drug-likeness (QED) is 0.533. The van der Waals surface area contributed by atoms with Crippen LogP contribution in [0.4, 0.5) is 13.9 Å². The van der Waals surface area contributed by atoms with Gasteiger partial charge in [0.2, 0.25) is 5.91 Å². The maximum atomic E-state index is 13.8. The molecule has 0 aliphatic carbocycles. The lowest BCUT2D eigenvalue weighted by atomic mass is 10.1. The SMILES string of the molecule is Cc1nc(C(=O)NCCN(C)C)c(-c2csc(NC(=O)Cc3c(F)cccc3F)n2)s1. The molecule has 0 saturated heterocycles. The largest absolute Gasteiger partial charge is 0.349 e. The third-order valence-corrected chi connectivity index (χ3v) is 5.93. The van der Waals surface area contributed by atoms with Crippen molar-refractivity contribution >= 4 is 39.6 Å². The fraction of sp³-hybridized carbons (Fsp3) is 0.300. The Kier molecular flexibility index (Phi) is 7.42. The number of benzene rings is 1. The fourth-order valence-corrected chi connectivity index (χ4v) is 4.36. The summed E-state index contributed by atoms with van der Waals surface area (Å²) in [6, 6.07) is 3.44. The van der Waals surface area contributed by atoms with E-state index in [1.54, 1.807) is 12.3 Å². The van der Waals surface area contributed by atoms with Crippen molar-refractivity contribution in [1.29, 1.82) is 0 Å². The molecule has 0 spiro atoms. The zero-order valence-corrected chi connectivity index (χ0v) is 18.8. The minimum atomic E-state index is -0.778. The maximum absolute atomic E-state index is 13.8. The van der Waals surface area contributed by atoms with E-state index in [4.69, 9.17) is 0 Å². The Morgan fingerprint density at radius 3 is 2.55 bits per heavy atom. The van der Waals surface area contributed by atoms with E-state index in [-0.39, 0.29) is 22.3 Å². The molecule has 0 radical (unpaired) electrons. The third kappa shape index (κ3) is 5.90. The highest BCUT2D eigenvalue weighted by molar-refractivity contribution is 7.17. The highest BCUT2D eigenvalue weighted by Gasteiger charge is 2.21. The average molecular weight is 466 g/mol. The van der Waals surface area contributed by atoms with Gasteiger partial charge in [-0.2, -0.15) is 0 Å². The number of aromatic nitrogens is 2. The van der Waals surface area contributed by atoms with E-state index in [2.05, 4.69) is 20.6 Å². The Labute approximate surface area is 186 Å². The average Bonchev–Trinajstić information content (AvgIpc) is 3.31. The number of amides is 2. The van der Waals surface area contributed by atoms with Gasteiger partial charge in [0.05, 0.1) is 22.0 Å². The van der Waals surface area contributed by atoms with Gasteiger partial charge in [-0.05, 0) is 33.2 Å². The number of rotatable bonds is 8. The van der Waals surface area contributed by atoms with Crippen molar-refractivity contribution in [2.75, 3.05) is 32.5 Å². The van der Waals surface area contributed by atoms with Crippen LogP contribution >= 0.6 is 22.7 Å². The zero-order valence-electron chi connectivity index (χ0n) is 17.2. The van der Waals surface area contributed by atoms with Crippen LogP contribution in [-0.2, 0) is 11.2 Å². The number of hydrogen-bond acceptors (Lipinski definition) is 7. The standard InChI is InChI=1S/C20H21F2N5O2S2/c1-11-24-17(19(29)23-7-8-27(2)3)18(31-11)15-10-30-20(25-15)26-16(28)9-12-13(21)5-4-6-14(12)22/h4-6,10H,7-9H2,1-3H3,(H,23,29)(H,25,26,28). The Balaban J connectivity index is 1.71. The topological polar surface area (TPSA) is 87.2 Å². The normalized spacial score (nSPS) is 11.0. The molecule has 0 unspecified atom stereocenters. The van der Waals surface area contributed by atoms with E-state index in [1.807, 2.05) is 19.0 Å².